The van der Waals surface area contributed by atoms with E-state index >= 15 is 0 Å². The number of ether oxygens (including phenoxy) is 1. The molecule has 1 amide bonds. The monoisotopic (exact) mass is 197 g/mol. The second kappa shape index (κ2) is 4.79. The Morgan fingerprint density at radius 2 is 2.36 bits per heavy atom. The number of methoxy groups -OCH3 is 1. The van der Waals surface area contributed by atoms with Crippen molar-refractivity contribution < 1.29 is 14.3 Å². The lowest BCUT2D eigenvalue weighted by Gasteiger charge is -2.12. The quantitative estimate of drug-likeness (QED) is 0.413. The van der Waals surface area contributed by atoms with Crippen LogP contribution in [-0.4, -0.2) is 25.0 Å². The standard InChI is InChI=1S/C10H15NO3/c1-7-4-3-5-8(7)11-9(12)6-10(13)14-2/h8H,1,3-6H2,2H3,(H,11,12). The topological polar surface area (TPSA) is 55.4 Å². The van der Waals surface area contributed by atoms with Crippen LogP contribution in [0.4, 0.5) is 0 Å². The SMILES string of the molecule is C=C1CCCC1NC(=O)CC(=O)OC. The zero-order chi connectivity index (χ0) is 10.6. The van der Waals surface area contributed by atoms with E-state index < -0.39 is 5.97 Å². The van der Waals surface area contributed by atoms with Gasteiger partial charge in [0.25, 0.3) is 0 Å². The molecule has 0 saturated heterocycles. The van der Waals surface area contributed by atoms with E-state index in [1.807, 2.05) is 0 Å². The lowest BCUT2D eigenvalue weighted by molar-refractivity contribution is -0.143. The van der Waals surface area contributed by atoms with Crippen LogP contribution < -0.4 is 5.32 Å². The summed E-state index contributed by atoms with van der Waals surface area (Å²) in [6.45, 7) is 3.86. The van der Waals surface area contributed by atoms with Gasteiger partial charge in [-0.1, -0.05) is 12.2 Å². The molecule has 0 aromatic carbocycles. The molecule has 0 aromatic rings. The minimum absolute atomic E-state index is 0.0483. The summed E-state index contributed by atoms with van der Waals surface area (Å²) in [4.78, 5) is 22.0. The van der Waals surface area contributed by atoms with Gasteiger partial charge in [0.05, 0.1) is 7.11 Å². The van der Waals surface area contributed by atoms with E-state index in [1.54, 1.807) is 0 Å². The van der Waals surface area contributed by atoms with E-state index in [0.717, 1.165) is 24.8 Å². The van der Waals surface area contributed by atoms with Crippen molar-refractivity contribution in [2.75, 3.05) is 7.11 Å². The highest BCUT2D eigenvalue weighted by Gasteiger charge is 2.21. The van der Waals surface area contributed by atoms with Crippen molar-refractivity contribution in [2.24, 2.45) is 0 Å². The smallest absolute Gasteiger partial charge is 0.315 e. The molecule has 1 fully saturated rings. The molecule has 1 aliphatic rings. The lowest BCUT2D eigenvalue weighted by atomic mass is 10.2. The number of hydrogen-bond donors (Lipinski definition) is 1. The van der Waals surface area contributed by atoms with Crippen LogP contribution in [0.2, 0.25) is 0 Å². The predicted molar refractivity (Wildman–Crippen MR) is 51.6 cm³/mol. The molecule has 14 heavy (non-hydrogen) atoms. The van der Waals surface area contributed by atoms with Crippen LogP contribution in [-0.2, 0) is 14.3 Å². The van der Waals surface area contributed by atoms with Crippen molar-refractivity contribution >= 4 is 11.9 Å². The fourth-order valence-electron chi connectivity index (χ4n) is 1.53. The largest absolute Gasteiger partial charge is 0.469 e. The summed E-state index contributed by atoms with van der Waals surface area (Å²) in [6, 6.07) is 0.0483. The molecule has 4 heteroatoms. The number of carbonyl (C=O) groups is 2. The molecule has 1 aliphatic carbocycles. The van der Waals surface area contributed by atoms with Gasteiger partial charge in [0, 0.05) is 6.04 Å². The molecule has 1 N–H and O–H groups in total. The number of amides is 1. The molecular formula is C10H15NO3. The molecule has 78 valence electrons. The second-order valence-corrected chi connectivity index (χ2v) is 3.42. The molecule has 4 nitrogen and oxygen atoms in total. The fraction of sp³-hybridized carbons (Fsp3) is 0.600. The van der Waals surface area contributed by atoms with E-state index in [0.29, 0.717) is 0 Å². The van der Waals surface area contributed by atoms with Crippen LogP contribution in [0.3, 0.4) is 0 Å². The highest BCUT2D eigenvalue weighted by Crippen LogP contribution is 2.22. The van der Waals surface area contributed by atoms with Crippen molar-refractivity contribution in [2.45, 2.75) is 31.7 Å². The van der Waals surface area contributed by atoms with E-state index in [-0.39, 0.29) is 18.4 Å². The molecule has 0 heterocycles. The number of nitrogens with one attached hydrogen (secondary N) is 1. The van der Waals surface area contributed by atoms with Crippen LogP contribution in [0, 0.1) is 0 Å². The summed E-state index contributed by atoms with van der Waals surface area (Å²) in [7, 11) is 1.27. The summed E-state index contributed by atoms with van der Waals surface area (Å²) < 4.78 is 4.39. The van der Waals surface area contributed by atoms with Crippen LogP contribution in [0.5, 0.6) is 0 Å². The molecule has 0 bridgehead atoms. The fourth-order valence-corrected chi connectivity index (χ4v) is 1.53. The maximum absolute atomic E-state index is 11.3. The Morgan fingerprint density at radius 1 is 1.64 bits per heavy atom. The molecule has 0 aliphatic heterocycles. The molecule has 1 unspecified atom stereocenters. The Kier molecular flexibility index (Phi) is 3.68. The Hall–Kier alpha value is -1.32. The third-order valence-electron chi connectivity index (χ3n) is 2.35. The molecule has 1 rings (SSSR count). The van der Waals surface area contributed by atoms with Crippen molar-refractivity contribution in [3.8, 4) is 0 Å². The molecule has 1 saturated carbocycles. The highest BCUT2D eigenvalue weighted by molar-refractivity contribution is 5.94. The molecular weight excluding hydrogens is 182 g/mol. The van der Waals surface area contributed by atoms with E-state index in [9.17, 15) is 9.59 Å². The normalized spacial score (nSPS) is 20.6. The van der Waals surface area contributed by atoms with Crippen molar-refractivity contribution in [1.29, 1.82) is 0 Å². The molecule has 0 radical (unpaired) electrons. The third-order valence-corrected chi connectivity index (χ3v) is 2.35. The van der Waals surface area contributed by atoms with Crippen LogP contribution in [0.15, 0.2) is 12.2 Å². The number of esters is 1. The minimum Gasteiger partial charge on any atom is -0.469 e. The molecule has 1 atom stereocenters. The zero-order valence-electron chi connectivity index (χ0n) is 8.34. The summed E-state index contributed by atoms with van der Waals surface area (Å²) >= 11 is 0. The number of hydrogen-bond acceptors (Lipinski definition) is 3. The van der Waals surface area contributed by atoms with Crippen LogP contribution in [0.25, 0.3) is 0 Å². The predicted octanol–water partition coefficient (Wildman–Crippen LogP) is 0.774. The average molecular weight is 197 g/mol. The Labute approximate surface area is 83.3 Å². The summed E-state index contributed by atoms with van der Waals surface area (Å²) in [5.41, 5.74) is 1.04. The first-order chi connectivity index (χ1) is 6.63. The summed E-state index contributed by atoms with van der Waals surface area (Å²) in [5, 5.41) is 2.75. The summed E-state index contributed by atoms with van der Waals surface area (Å²) in [6.07, 6.45) is 2.73. The lowest BCUT2D eigenvalue weighted by Crippen LogP contribution is -2.34. The summed E-state index contributed by atoms with van der Waals surface area (Å²) in [5.74, 6) is -0.795. The van der Waals surface area contributed by atoms with Gasteiger partial charge in [0.1, 0.15) is 6.42 Å². The van der Waals surface area contributed by atoms with Crippen molar-refractivity contribution in [3.63, 3.8) is 0 Å². The number of rotatable bonds is 3. The third kappa shape index (κ3) is 2.87. The Balaban J connectivity index is 2.33. The van der Waals surface area contributed by atoms with Gasteiger partial charge in [-0.3, -0.25) is 9.59 Å². The first-order valence-electron chi connectivity index (χ1n) is 4.67. The van der Waals surface area contributed by atoms with E-state index in [4.69, 9.17) is 0 Å². The van der Waals surface area contributed by atoms with Gasteiger partial charge >= 0.3 is 5.97 Å². The maximum Gasteiger partial charge on any atom is 0.315 e. The van der Waals surface area contributed by atoms with Crippen LogP contribution in [0.1, 0.15) is 25.7 Å². The number of carbonyl (C=O) groups excluding carboxylic acids is 2. The highest BCUT2D eigenvalue weighted by atomic mass is 16.5. The van der Waals surface area contributed by atoms with Gasteiger partial charge in [-0.25, -0.2) is 0 Å². The van der Waals surface area contributed by atoms with Crippen molar-refractivity contribution in [1.82, 2.24) is 5.32 Å². The maximum atomic E-state index is 11.3. The van der Waals surface area contributed by atoms with Crippen LogP contribution >= 0.6 is 0 Å². The van der Waals surface area contributed by atoms with E-state index in [1.165, 1.54) is 7.11 Å². The Morgan fingerprint density at radius 3 is 2.86 bits per heavy atom. The first-order valence-corrected chi connectivity index (χ1v) is 4.67. The minimum atomic E-state index is -0.508. The van der Waals surface area contributed by atoms with Gasteiger partial charge in [-0.15, -0.1) is 0 Å². The van der Waals surface area contributed by atoms with Gasteiger partial charge in [0.15, 0.2) is 0 Å². The van der Waals surface area contributed by atoms with E-state index in [2.05, 4.69) is 16.6 Å². The van der Waals surface area contributed by atoms with Gasteiger partial charge in [-0.2, -0.15) is 0 Å². The average Bonchev–Trinajstić information content (AvgIpc) is 2.51. The second-order valence-electron chi connectivity index (χ2n) is 3.42. The first kappa shape index (κ1) is 10.8. The zero-order valence-corrected chi connectivity index (χ0v) is 8.34. The Bertz CT molecular complexity index is 260. The van der Waals surface area contributed by atoms with Gasteiger partial charge < -0.3 is 10.1 Å². The molecule has 0 spiro atoms. The van der Waals surface area contributed by atoms with Gasteiger partial charge in [0.2, 0.25) is 5.91 Å². The molecule has 0 aromatic heterocycles. The van der Waals surface area contributed by atoms with Gasteiger partial charge in [-0.05, 0) is 19.3 Å². The van der Waals surface area contributed by atoms with Crippen molar-refractivity contribution in [3.05, 3.63) is 12.2 Å².